The molecule has 1 heterocycles. The van der Waals surface area contributed by atoms with E-state index in [1.807, 2.05) is 30.9 Å². The number of benzene rings is 1. The van der Waals surface area contributed by atoms with Crippen LogP contribution in [0.5, 0.6) is 0 Å². The van der Waals surface area contributed by atoms with Crippen LogP contribution in [-0.4, -0.2) is 29.8 Å². The second-order valence-electron chi connectivity index (χ2n) is 5.58. The van der Waals surface area contributed by atoms with Gasteiger partial charge in [-0.05, 0) is 49.9 Å². The minimum Gasteiger partial charge on any atom is -0.339 e. The van der Waals surface area contributed by atoms with Gasteiger partial charge in [0.25, 0.3) is 5.91 Å². The third kappa shape index (κ3) is 3.84. The molecule has 1 N–H and O–H groups in total. The zero-order chi connectivity index (χ0) is 15.2. The summed E-state index contributed by atoms with van der Waals surface area (Å²) in [5.74, 6) is 0.194. The van der Waals surface area contributed by atoms with Crippen LogP contribution in [-0.2, 0) is 4.79 Å². The van der Waals surface area contributed by atoms with Gasteiger partial charge in [0, 0.05) is 30.3 Å². The van der Waals surface area contributed by atoms with Crippen LogP contribution >= 0.6 is 0 Å². The van der Waals surface area contributed by atoms with E-state index in [0.29, 0.717) is 5.56 Å². The number of carbonyl (C=O) groups is 2. The summed E-state index contributed by atoms with van der Waals surface area (Å²) < 4.78 is 0. The topological polar surface area (TPSA) is 49.4 Å². The molecule has 0 radical (unpaired) electrons. The zero-order valence-electron chi connectivity index (χ0n) is 12.9. The number of nitrogens with one attached hydrogen (secondary N) is 1. The molecule has 1 aliphatic rings. The highest BCUT2D eigenvalue weighted by Crippen LogP contribution is 2.17. The number of anilines is 1. The van der Waals surface area contributed by atoms with E-state index in [9.17, 15) is 9.59 Å². The Labute approximate surface area is 126 Å². The predicted octanol–water partition coefficient (Wildman–Crippen LogP) is 3.30. The van der Waals surface area contributed by atoms with E-state index < -0.39 is 0 Å². The molecule has 0 bridgehead atoms. The smallest absolute Gasteiger partial charge is 0.253 e. The van der Waals surface area contributed by atoms with Crippen molar-refractivity contribution in [2.24, 2.45) is 5.92 Å². The number of hydrogen-bond acceptors (Lipinski definition) is 2. The molecule has 1 aromatic carbocycles. The van der Waals surface area contributed by atoms with Crippen LogP contribution in [0.1, 0.15) is 49.9 Å². The van der Waals surface area contributed by atoms with Gasteiger partial charge >= 0.3 is 0 Å². The van der Waals surface area contributed by atoms with Gasteiger partial charge in [0.15, 0.2) is 0 Å². The Kier molecular flexibility index (Phi) is 5.37. The highest BCUT2D eigenvalue weighted by Gasteiger charge is 2.19. The van der Waals surface area contributed by atoms with Gasteiger partial charge in [-0.3, -0.25) is 9.59 Å². The molecule has 0 aliphatic carbocycles. The quantitative estimate of drug-likeness (QED) is 0.903. The van der Waals surface area contributed by atoms with Crippen LogP contribution in [0.4, 0.5) is 5.69 Å². The minimum absolute atomic E-state index is 0.0518. The lowest BCUT2D eigenvalue weighted by molar-refractivity contribution is -0.120. The molecular weight excluding hydrogens is 264 g/mol. The fourth-order valence-corrected chi connectivity index (χ4v) is 2.70. The third-order valence-corrected chi connectivity index (χ3v) is 4.15. The molecule has 2 rings (SSSR count). The molecule has 0 atom stereocenters. The molecule has 21 heavy (non-hydrogen) atoms. The Morgan fingerprint density at radius 2 is 1.67 bits per heavy atom. The zero-order valence-corrected chi connectivity index (χ0v) is 12.9. The summed E-state index contributed by atoms with van der Waals surface area (Å²) in [4.78, 5) is 26.1. The van der Waals surface area contributed by atoms with Gasteiger partial charge < -0.3 is 10.2 Å². The molecular formula is C17H24N2O2. The maximum absolute atomic E-state index is 12.2. The first-order chi connectivity index (χ1) is 10.2. The fourth-order valence-electron chi connectivity index (χ4n) is 2.70. The summed E-state index contributed by atoms with van der Waals surface area (Å²) >= 11 is 0. The van der Waals surface area contributed by atoms with Crippen LogP contribution in [0.15, 0.2) is 24.3 Å². The van der Waals surface area contributed by atoms with Gasteiger partial charge in [-0.15, -0.1) is 0 Å². The fraction of sp³-hybridized carbons (Fsp3) is 0.529. The number of amides is 2. The van der Waals surface area contributed by atoms with Crippen molar-refractivity contribution in [1.29, 1.82) is 0 Å². The van der Waals surface area contributed by atoms with Crippen LogP contribution in [0, 0.1) is 5.92 Å². The number of hydrogen-bond donors (Lipinski definition) is 1. The maximum atomic E-state index is 12.2. The van der Waals surface area contributed by atoms with Gasteiger partial charge in [-0.1, -0.05) is 13.8 Å². The molecule has 4 nitrogen and oxygen atoms in total. The number of carbonyl (C=O) groups excluding carboxylic acids is 2. The molecule has 1 aliphatic heterocycles. The normalized spacial score (nSPS) is 14.5. The van der Waals surface area contributed by atoms with E-state index in [1.54, 1.807) is 12.1 Å². The Hall–Kier alpha value is -1.84. The van der Waals surface area contributed by atoms with E-state index in [0.717, 1.165) is 44.5 Å². The Balaban J connectivity index is 1.98. The summed E-state index contributed by atoms with van der Waals surface area (Å²) in [5.41, 5.74) is 1.45. The van der Waals surface area contributed by atoms with Crippen molar-refractivity contribution < 1.29 is 9.59 Å². The van der Waals surface area contributed by atoms with Crippen LogP contribution in [0.2, 0.25) is 0 Å². The summed E-state index contributed by atoms with van der Waals surface area (Å²) in [6.07, 6.45) is 3.87. The second kappa shape index (κ2) is 7.25. The first-order valence-electron chi connectivity index (χ1n) is 7.86. The lowest BCUT2D eigenvalue weighted by atomic mass is 10.0. The van der Waals surface area contributed by atoms with Crippen molar-refractivity contribution in [3.8, 4) is 0 Å². The molecule has 114 valence electrons. The number of likely N-dealkylation sites (tertiary alicyclic amines) is 1. The Morgan fingerprint density at radius 3 is 2.19 bits per heavy atom. The molecule has 0 saturated carbocycles. The molecule has 0 unspecified atom stereocenters. The van der Waals surface area contributed by atoms with Crippen molar-refractivity contribution in [3.63, 3.8) is 0 Å². The molecule has 1 saturated heterocycles. The standard InChI is InChI=1S/C17H24N2O2/c1-3-13(4-2)16(20)18-15-9-7-14(8-10-15)17(21)19-11-5-6-12-19/h7-10,13H,3-6,11-12H2,1-2H3,(H,18,20). The predicted molar refractivity (Wildman–Crippen MR) is 84.3 cm³/mol. The molecule has 2 amide bonds. The Bertz CT molecular complexity index is 486. The van der Waals surface area contributed by atoms with Gasteiger partial charge in [0.05, 0.1) is 0 Å². The first kappa shape index (κ1) is 15.5. The van der Waals surface area contributed by atoms with Gasteiger partial charge in [0.2, 0.25) is 5.91 Å². The maximum Gasteiger partial charge on any atom is 0.253 e. The SMILES string of the molecule is CCC(CC)C(=O)Nc1ccc(C(=O)N2CCCC2)cc1. The lowest BCUT2D eigenvalue weighted by Gasteiger charge is -2.16. The van der Waals surface area contributed by atoms with Crippen LogP contribution in [0.25, 0.3) is 0 Å². The number of nitrogens with zero attached hydrogens (tertiary/aromatic N) is 1. The van der Waals surface area contributed by atoms with Gasteiger partial charge in [-0.25, -0.2) is 0 Å². The van der Waals surface area contributed by atoms with E-state index >= 15 is 0 Å². The van der Waals surface area contributed by atoms with E-state index in [-0.39, 0.29) is 17.7 Å². The summed E-state index contributed by atoms with van der Waals surface area (Å²) in [6.45, 7) is 5.75. The largest absolute Gasteiger partial charge is 0.339 e. The third-order valence-electron chi connectivity index (χ3n) is 4.15. The summed E-state index contributed by atoms with van der Waals surface area (Å²) in [7, 11) is 0. The van der Waals surface area contributed by atoms with Gasteiger partial charge in [-0.2, -0.15) is 0 Å². The van der Waals surface area contributed by atoms with Crippen molar-refractivity contribution >= 4 is 17.5 Å². The highest BCUT2D eigenvalue weighted by atomic mass is 16.2. The average Bonchev–Trinajstić information content (AvgIpc) is 3.03. The highest BCUT2D eigenvalue weighted by molar-refractivity contribution is 5.96. The van der Waals surface area contributed by atoms with Crippen LogP contribution < -0.4 is 5.32 Å². The molecule has 1 fully saturated rings. The van der Waals surface area contributed by atoms with Crippen molar-refractivity contribution in [1.82, 2.24) is 4.90 Å². The van der Waals surface area contributed by atoms with E-state index in [2.05, 4.69) is 5.32 Å². The van der Waals surface area contributed by atoms with E-state index in [1.165, 1.54) is 0 Å². The summed E-state index contributed by atoms with van der Waals surface area (Å²) in [5, 5.41) is 2.92. The van der Waals surface area contributed by atoms with Crippen molar-refractivity contribution in [2.75, 3.05) is 18.4 Å². The second-order valence-corrected chi connectivity index (χ2v) is 5.58. The minimum atomic E-state index is 0.0518. The molecule has 0 aromatic heterocycles. The lowest BCUT2D eigenvalue weighted by Crippen LogP contribution is -2.27. The van der Waals surface area contributed by atoms with E-state index in [4.69, 9.17) is 0 Å². The molecule has 4 heteroatoms. The first-order valence-corrected chi connectivity index (χ1v) is 7.86. The van der Waals surface area contributed by atoms with Gasteiger partial charge in [0.1, 0.15) is 0 Å². The average molecular weight is 288 g/mol. The molecule has 1 aromatic rings. The number of rotatable bonds is 5. The van der Waals surface area contributed by atoms with Crippen molar-refractivity contribution in [3.05, 3.63) is 29.8 Å². The molecule has 0 spiro atoms. The van der Waals surface area contributed by atoms with Crippen LogP contribution in [0.3, 0.4) is 0 Å². The monoisotopic (exact) mass is 288 g/mol. The van der Waals surface area contributed by atoms with Crippen molar-refractivity contribution in [2.45, 2.75) is 39.5 Å². The summed E-state index contributed by atoms with van der Waals surface area (Å²) in [6, 6.07) is 7.21. The Morgan fingerprint density at radius 1 is 1.10 bits per heavy atom.